The maximum atomic E-state index is 13.1. The lowest BCUT2D eigenvalue weighted by Gasteiger charge is -2.36. The molecule has 1 rings (SSSR count). The lowest BCUT2D eigenvalue weighted by Crippen LogP contribution is -2.46. The van der Waals surface area contributed by atoms with Gasteiger partial charge in [-0.25, -0.2) is 8.78 Å². The number of nitrogens with one attached hydrogen (secondary N) is 1. The van der Waals surface area contributed by atoms with Crippen LogP contribution in [0.1, 0.15) is 19.8 Å². The van der Waals surface area contributed by atoms with Gasteiger partial charge >= 0.3 is 0 Å². The summed E-state index contributed by atoms with van der Waals surface area (Å²) in [6.45, 7) is 2.89. The molecule has 5 heteroatoms. The number of alkyl halides is 2. The highest BCUT2D eigenvalue weighted by molar-refractivity contribution is 5.75. The third-order valence-corrected chi connectivity index (χ3v) is 2.95. The second kappa shape index (κ2) is 4.88. The second-order valence-electron chi connectivity index (χ2n) is 4.14. The van der Waals surface area contributed by atoms with E-state index in [1.165, 1.54) is 0 Å². The van der Waals surface area contributed by atoms with Gasteiger partial charge in [0.15, 0.2) is 0 Å². The van der Waals surface area contributed by atoms with Crippen LogP contribution in [0.2, 0.25) is 0 Å². The molecule has 15 heavy (non-hydrogen) atoms. The monoisotopic (exact) mass is 220 g/mol. The van der Waals surface area contributed by atoms with Crippen LogP contribution in [0.25, 0.3) is 0 Å². The van der Waals surface area contributed by atoms with E-state index in [4.69, 9.17) is 0 Å². The van der Waals surface area contributed by atoms with Gasteiger partial charge in [-0.3, -0.25) is 4.79 Å². The summed E-state index contributed by atoms with van der Waals surface area (Å²) >= 11 is 0. The van der Waals surface area contributed by atoms with Crippen LogP contribution in [0.15, 0.2) is 0 Å². The minimum absolute atomic E-state index is 0.0417. The topological polar surface area (TPSA) is 32.3 Å². The number of piperidine rings is 1. The average molecular weight is 220 g/mol. The van der Waals surface area contributed by atoms with Gasteiger partial charge in [0.05, 0.1) is 0 Å². The summed E-state index contributed by atoms with van der Waals surface area (Å²) in [6, 6.07) is 0. The Morgan fingerprint density at radius 3 is 2.80 bits per heavy atom. The van der Waals surface area contributed by atoms with E-state index in [0.29, 0.717) is 26.1 Å². The Morgan fingerprint density at radius 1 is 1.60 bits per heavy atom. The molecule has 1 N–H and O–H groups in total. The van der Waals surface area contributed by atoms with E-state index < -0.39 is 11.8 Å². The second-order valence-corrected chi connectivity index (χ2v) is 4.14. The van der Waals surface area contributed by atoms with E-state index in [1.54, 1.807) is 14.0 Å². The lowest BCUT2D eigenvalue weighted by molar-refractivity contribution is -0.122. The summed E-state index contributed by atoms with van der Waals surface area (Å²) < 4.78 is 26.3. The summed E-state index contributed by atoms with van der Waals surface area (Å²) in [5.74, 6) is -3.19. The molecule has 1 amide bonds. The Labute approximate surface area is 88.8 Å². The van der Waals surface area contributed by atoms with E-state index >= 15 is 0 Å². The molecule has 0 aromatic carbocycles. The number of carbonyl (C=O) groups is 1. The quantitative estimate of drug-likeness (QED) is 0.772. The van der Waals surface area contributed by atoms with Crippen molar-refractivity contribution in [2.24, 2.45) is 5.92 Å². The first-order valence-corrected chi connectivity index (χ1v) is 5.26. The van der Waals surface area contributed by atoms with Crippen molar-refractivity contribution >= 4 is 5.91 Å². The number of amides is 1. The molecule has 1 aliphatic heterocycles. The number of rotatable bonds is 3. The summed E-state index contributed by atoms with van der Waals surface area (Å²) in [4.78, 5) is 12.9. The van der Waals surface area contributed by atoms with Crippen molar-refractivity contribution in [1.82, 2.24) is 10.2 Å². The molecule has 0 aromatic heterocycles. The van der Waals surface area contributed by atoms with Gasteiger partial charge in [-0.05, 0) is 0 Å². The van der Waals surface area contributed by atoms with E-state index in [0.717, 1.165) is 0 Å². The van der Waals surface area contributed by atoms with Crippen LogP contribution in [-0.2, 0) is 4.79 Å². The number of hydrogen-bond acceptors (Lipinski definition) is 2. The molecule has 0 aliphatic carbocycles. The summed E-state index contributed by atoms with van der Waals surface area (Å²) in [5, 5.41) is 2.52. The molecule has 1 heterocycles. The molecule has 88 valence electrons. The van der Waals surface area contributed by atoms with Crippen LogP contribution < -0.4 is 5.32 Å². The number of hydrogen-bond donors (Lipinski definition) is 1. The van der Waals surface area contributed by atoms with Crippen LogP contribution in [0.3, 0.4) is 0 Å². The molecule has 1 saturated heterocycles. The molecule has 0 aromatic rings. The first kappa shape index (κ1) is 12.4. The van der Waals surface area contributed by atoms with Crippen LogP contribution >= 0.6 is 0 Å². The third-order valence-electron chi connectivity index (χ3n) is 2.95. The van der Waals surface area contributed by atoms with Crippen molar-refractivity contribution < 1.29 is 13.6 Å². The summed E-state index contributed by atoms with van der Waals surface area (Å²) in [6.07, 6.45) is 0.288. The van der Waals surface area contributed by atoms with Crippen LogP contribution in [0, 0.1) is 5.92 Å². The van der Waals surface area contributed by atoms with E-state index in [-0.39, 0.29) is 12.3 Å². The highest BCUT2D eigenvalue weighted by atomic mass is 19.3. The predicted molar refractivity (Wildman–Crippen MR) is 53.9 cm³/mol. The summed E-state index contributed by atoms with van der Waals surface area (Å²) in [5.41, 5.74) is 0. The van der Waals surface area contributed by atoms with Gasteiger partial charge in [0.2, 0.25) is 5.91 Å². The normalized spacial score (nSPS) is 26.3. The Kier molecular flexibility index (Phi) is 4.02. The van der Waals surface area contributed by atoms with Crippen molar-refractivity contribution in [3.63, 3.8) is 0 Å². The maximum absolute atomic E-state index is 13.1. The van der Waals surface area contributed by atoms with E-state index in [9.17, 15) is 13.6 Å². The zero-order chi connectivity index (χ0) is 11.5. The molecule has 1 unspecified atom stereocenters. The van der Waals surface area contributed by atoms with Crippen molar-refractivity contribution in [3.8, 4) is 0 Å². The highest BCUT2D eigenvalue weighted by Gasteiger charge is 2.40. The Hall–Kier alpha value is -0.710. The van der Waals surface area contributed by atoms with E-state index in [1.807, 2.05) is 4.90 Å². The standard InChI is InChI=1S/C10H18F2N2O/c1-8-7-14(5-3-9(15)13-2)6-4-10(8,11)12/h8H,3-7H2,1-2H3,(H,13,15). The number of nitrogens with zero attached hydrogens (tertiary/aromatic N) is 1. The lowest BCUT2D eigenvalue weighted by atomic mass is 9.95. The molecule has 0 saturated carbocycles. The van der Waals surface area contributed by atoms with Gasteiger partial charge < -0.3 is 10.2 Å². The smallest absolute Gasteiger partial charge is 0.253 e. The minimum Gasteiger partial charge on any atom is -0.359 e. The Balaban J connectivity index is 2.32. The fraction of sp³-hybridized carbons (Fsp3) is 0.900. The molecule has 0 radical (unpaired) electrons. The van der Waals surface area contributed by atoms with Gasteiger partial charge in [0.25, 0.3) is 5.92 Å². The number of halogens is 2. The van der Waals surface area contributed by atoms with Gasteiger partial charge in [-0.2, -0.15) is 0 Å². The molecule has 3 nitrogen and oxygen atoms in total. The third kappa shape index (κ3) is 3.41. The SMILES string of the molecule is CNC(=O)CCN1CCC(F)(F)C(C)C1. The van der Waals surface area contributed by atoms with Crippen molar-refractivity contribution in [2.45, 2.75) is 25.7 Å². The predicted octanol–water partition coefficient (Wildman–Crippen LogP) is 1.10. The molecule has 0 spiro atoms. The minimum atomic E-state index is -2.54. The zero-order valence-corrected chi connectivity index (χ0v) is 9.22. The molecule has 1 atom stereocenters. The van der Waals surface area contributed by atoms with Gasteiger partial charge in [0.1, 0.15) is 0 Å². The fourth-order valence-corrected chi connectivity index (χ4v) is 1.75. The largest absolute Gasteiger partial charge is 0.359 e. The molecular formula is C10H18F2N2O. The molecule has 1 fully saturated rings. The van der Waals surface area contributed by atoms with Gasteiger partial charge in [-0.1, -0.05) is 6.92 Å². The Bertz CT molecular complexity index is 233. The molecule has 1 aliphatic rings. The van der Waals surface area contributed by atoms with Crippen molar-refractivity contribution in [1.29, 1.82) is 0 Å². The average Bonchev–Trinajstić information content (AvgIpc) is 2.19. The van der Waals surface area contributed by atoms with E-state index in [2.05, 4.69) is 5.32 Å². The number of likely N-dealkylation sites (tertiary alicyclic amines) is 1. The van der Waals surface area contributed by atoms with Crippen molar-refractivity contribution in [3.05, 3.63) is 0 Å². The van der Waals surface area contributed by atoms with Crippen LogP contribution in [0.4, 0.5) is 8.78 Å². The van der Waals surface area contributed by atoms with Crippen molar-refractivity contribution in [2.75, 3.05) is 26.7 Å². The van der Waals surface area contributed by atoms with Crippen LogP contribution in [0.5, 0.6) is 0 Å². The van der Waals surface area contributed by atoms with Gasteiger partial charge in [-0.15, -0.1) is 0 Å². The molecular weight excluding hydrogens is 202 g/mol. The zero-order valence-electron chi connectivity index (χ0n) is 9.22. The van der Waals surface area contributed by atoms with Gasteiger partial charge in [0, 0.05) is 45.4 Å². The number of carbonyl (C=O) groups excluding carboxylic acids is 1. The Morgan fingerprint density at radius 2 is 2.27 bits per heavy atom. The summed E-state index contributed by atoms with van der Waals surface area (Å²) in [7, 11) is 1.58. The van der Waals surface area contributed by atoms with Crippen LogP contribution in [-0.4, -0.2) is 43.4 Å². The maximum Gasteiger partial charge on any atom is 0.253 e. The highest BCUT2D eigenvalue weighted by Crippen LogP contribution is 2.32. The first-order chi connectivity index (χ1) is 6.95. The molecule has 0 bridgehead atoms. The first-order valence-electron chi connectivity index (χ1n) is 5.26. The fourth-order valence-electron chi connectivity index (χ4n) is 1.75.